The highest BCUT2D eigenvalue weighted by molar-refractivity contribution is 6.40. The van der Waals surface area contributed by atoms with E-state index in [9.17, 15) is 9.59 Å². The molecule has 2 rings (SSSR count). The van der Waals surface area contributed by atoms with Crippen LogP contribution in [0.2, 0.25) is 0 Å². The van der Waals surface area contributed by atoms with E-state index in [1.807, 2.05) is 48.5 Å². The minimum absolute atomic E-state index is 0.225. The SMILES string of the molecule is O=C(CCc1ccccc1)C(=O)Nc1ccccc1. The molecule has 0 bridgehead atoms. The third-order valence-corrected chi connectivity index (χ3v) is 2.77. The molecule has 1 N–H and O–H groups in total. The van der Waals surface area contributed by atoms with Crippen LogP contribution in [-0.2, 0) is 16.0 Å². The number of hydrogen-bond donors (Lipinski definition) is 1. The van der Waals surface area contributed by atoms with E-state index < -0.39 is 11.7 Å². The number of Topliss-reactive ketones (excluding diaryl/α,β-unsaturated/α-hetero) is 1. The van der Waals surface area contributed by atoms with Gasteiger partial charge in [-0.1, -0.05) is 48.5 Å². The van der Waals surface area contributed by atoms with Gasteiger partial charge in [0.05, 0.1) is 0 Å². The van der Waals surface area contributed by atoms with Crippen LogP contribution in [0.4, 0.5) is 5.69 Å². The summed E-state index contributed by atoms with van der Waals surface area (Å²) in [6, 6.07) is 18.6. The van der Waals surface area contributed by atoms with Crippen LogP contribution < -0.4 is 5.32 Å². The number of carbonyl (C=O) groups is 2. The van der Waals surface area contributed by atoms with Crippen LogP contribution in [-0.4, -0.2) is 11.7 Å². The van der Waals surface area contributed by atoms with Crippen molar-refractivity contribution in [2.75, 3.05) is 5.32 Å². The average Bonchev–Trinajstić information content (AvgIpc) is 2.47. The van der Waals surface area contributed by atoms with Gasteiger partial charge in [0.25, 0.3) is 5.91 Å². The molecule has 0 fully saturated rings. The second kappa shape index (κ2) is 6.50. The minimum atomic E-state index is -0.554. The highest BCUT2D eigenvalue weighted by Gasteiger charge is 2.13. The molecule has 2 aromatic carbocycles. The molecule has 0 aliphatic heterocycles. The van der Waals surface area contributed by atoms with Crippen molar-refractivity contribution in [3.8, 4) is 0 Å². The number of aryl methyl sites for hydroxylation is 1. The van der Waals surface area contributed by atoms with Crippen molar-refractivity contribution in [3.05, 3.63) is 66.2 Å². The van der Waals surface area contributed by atoms with Crippen LogP contribution in [0, 0.1) is 0 Å². The van der Waals surface area contributed by atoms with Crippen molar-refractivity contribution in [1.29, 1.82) is 0 Å². The summed E-state index contributed by atoms with van der Waals surface area (Å²) in [5, 5.41) is 2.59. The monoisotopic (exact) mass is 253 g/mol. The Balaban J connectivity index is 1.85. The summed E-state index contributed by atoms with van der Waals surface area (Å²) in [6.07, 6.45) is 0.810. The van der Waals surface area contributed by atoms with Crippen LogP contribution in [0.25, 0.3) is 0 Å². The first-order valence-corrected chi connectivity index (χ1v) is 6.19. The number of hydrogen-bond acceptors (Lipinski definition) is 2. The molecule has 0 saturated heterocycles. The highest BCUT2D eigenvalue weighted by Crippen LogP contribution is 2.07. The van der Waals surface area contributed by atoms with Crippen LogP contribution in [0.15, 0.2) is 60.7 Å². The van der Waals surface area contributed by atoms with E-state index in [0.29, 0.717) is 12.1 Å². The summed E-state index contributed by atoms with van der Waals surface area (Å²) in [7, 11) is 0. The maximum absolute atomic E-state index is 11.7. The predicted molar refractivity (Wildman–Crippen MR) is 74.8 cm³/mol. The second-order valence-corrected chi connectivity index (χ2v) is 4.23. The number of rotatable bonds is 5. The Hall–Kier alpha value is -2.42. The van der Waals surface area contributed by atoms with Gasteiger partial charge in [0, 0.05) is 12.1 Å². The standard InChI is InChI=1S/C16H15NO2/c18-15(12-11-13-7-3-1-4-8-13)16(19)17-14-9-5-2-6-10-14/h1-10H,11-12H2,(H,17,19). The quantitative estimate of drug-likeness (QED) is 0.833. The van der Waals surface area contributed by atoms with Gasteiger partial charge in [0.1, 0.15) is 0 Å². The smallest absolute Gasteiger partial charge is 0.291 e. The Morgan fingerprint density at radius 2 is 1.42 bits per heavy atom. The van der Waals surface area contributed by atoms with Gasteiger partial charge in [-0.2, -0.15) is 0 Å². The topological polar surface area (TPSA) is 46.2 Å². The Kier molecular flexibility index (Phi) is 4.45. The molecule has 0 aliphatic carbocycles. The van der Waals surface area contributed by atoms with Crippen molar-refractivity contribution in [2.45, 2.75) is 12.8 Å². The van der Waals surface area contributed by atoms with Gasteiger partial charge in [-0.05, 0) is 24.1 Å². The zero-order chi connectivity index (χ0) is 13.5. The summed E-state index contributed by atoms with van der Waals surface area (Å²) in [5.74, 6) is -0.949. The van der Waals surface area contributed by atoms with Crippen molar-refractivity contribution in [2.24, 2.45) is 0 Å². The molecule has 0 atom stereocenters. The lowest BCUT2D eigenvalue weighted by Gasteiger charge is -2.04. The molecule has 0 unspecified atom stereocenters. The van der Waals surface area contributed by atoms with E-state index in [4.69, 9.17) is 0 Å². The van der Waals surface area contributed by atoms with Gasteiger partial charge in [0.2, 0.25) is 5.78 Å². The summed E-state index contributed by atoms with van der Waals surface area (Å²) >= 11 is 0. The van der Waals surface area contributed by atoms with Crippen molar-refractivity contribution >= 4 is 17.4 Å². The fraction of sp³-hybridized carbons (Fsp3) is 0.125. The van der Waals surface area contributed by atoms with Gasteiger partial charge >= 0.3 is 0 Å². The van der Waals surface area contributed by atoms with E-state index in [-0.39, 0.29) is 6.42 Å². The lowest BCUT2D eigenvalue weighted by molar-refractivity contribution is -0.134. The molecular weight excluding hydrogens is 238 g/mol. The first-order chi connectivity index (χ1) is 9.25. The fourth-order valence-electron chi connectivity index (χ4n) is 1.74. The molecule has 0 aromatic heterocycles. The molecule has 0 aliphatic rings. The number of ketones is 1. The van der Waals surface area contributed by atoms with Crippen molar-refractivity contribution in [1.82, 2.24) is 0 Å². The second-order valence-electron chi connectivity index (χ2n) is 4.23. The first kappa shape index (κ1) is 13.0. The van der Waals surface area contributed by atoms with Crippen LogP contribution in [0.3, 0.4) is 0 Å². The fourth-order valence-corrected chi connectivity index (χ4v) is 1.74. The van der Waals surface area contributed by atoms with Crippen LogP contribution in [0.1, 0.15) is 12.0 Å². The molecule has 0 spiro atoms. The molecular formula is C16H15NO2. The summed E-state index contributed by atoms with van der Waals surface area (Å²) in [6.45, 7) is 0. The summed E-state index contributed by atoms with van der Waals surface area (Å²) < 4.78 is 0. The molecule has 2 aromatic rings. The zero-order valence-electron chi connectivity index (χ0n) is 10.5. The molecule has 3 heteroatoms. The van der Waals surface area contributed by atoms with Gasteiger partial charge in [-0.3, -0.25) is 9.59 Å². The van der Waals surface area contributed by atoms with E-state index in [0.717, 1.165) is 5.56 Å². The normalized spacial score (nSPS) is 9.89. The highest BCUT2D eigenvalue weighted by atomic mass is 16.2. The molecule has 0 saturated carbocycles. The Morgan fingerprint density at radius 3 is 2.05 bits per heavy atom. The molecule has 1 amide bonds. The summed E-state index contributed by atoms with van der Waals surface area (Å²) in [4.78, 5) is 23.4. The third kappa shape index (κ3) is 4.07. The van der Waals surface area contributed by atoms with Gasteiger partial charge in [-0.15, -0.1) is 0 Å². The number of amides is 1. The largest absolute Gasteiger partial charge is 0.319 e. The molecule has 0 heterocycles. The molecule has 0 radical (unpaired) electrons. The maximum Gasteiger partial charge on any atom is 0.291 e. The van der Waals surface area contributed by atoms with E-state index in [1.54, 1.807) is 12.1 Å². The number of nitrogens with one attached hydrogen (secondary N) is 1. The molecule has 19 heavy (non-hydrogen) atoms. The predicted octanol–water partition coefficient (Wildman–Crippen LogP) is 2.83. The number of para-hydroxylation sites is 1. The van der Waals surface area contributed by atoms with Crippen molar-refractivity contribution < 1.29 is 9.59 Å². The number of carbonyl (C=O) groups excluding carboxylic acids is 2. The van der Waals surface area contributed by atoms with Gasteiger partial charge in [-0.25, -0.2) is 0 Å². The van der Waals surface area contributed by atoms with Gasteiger partial charge < -0.3 is 5.32 Å². The lowest BCUT2D eigenvalue weighted by Crippen LogP contribution is -2.23. The molecule has 96 valence electrons. The lowest BCUT2D eigenvalue weighted by atomic mass is 10.1. The number of benzene rings is 2. The van der Waals surface area contributed by atoms with Crippen LogP contribution >= 0.6 is 0 Å². The third-order valence-electron chi connectivity index (χ3n) is 2.77. The number of anilines is 1. The average molecular weight is 253 g/mol. The minimum Gasteiger partial charge on any atom is -0.319 e. The van der Waals surface area contributed by atoms with E-state index in [2.05, 4.69) is 5.32 Å². The van der Waals surface area contributed by atoms with E-state index >= 15 is 0 Å². The first-order valence-electron chi connectivity index (χ1n) is 6.19. The van der Waals surface area contributed by atoms with Crippen molar-refractivity contribution in [3.63, 3.8) is 0 Å². The summed E-state index contributed by atoms with van der Waals surface area (Å²) in [5.41, 5.74) is 1.70. The Labute approximate surface area is 112 Å². The Morgan fingerprint density at radius 1 is 0.842 bits per heavy atom. The van der Waals surface area contributed by atoms with Gasteiger partial charge in [0.15, 0.2) is 0 Å². The van der Waals surface area contributed by atoms with E-state index in [1.165, 1.54) is 0 Å². The maximum atomic E-state index is 11.7. The molecule has 3 nitrogen and oxygen atoms in total. The van der Waals surface area contributed by atoms with Crippen LogP contribution in [0.5, 0.6) is 0 Å². The zero-order valence-corrected chi connectivity index (χ0v) is 10.5. The Bertz CT molecular complexity index is 549.